The Morgan fingerprint density at radius 1 is 1.46 bits per heavy atom. The van der Waals surface area contributed by atoms with Crippen LogP contribution in [0.3, 0.4) is 0 Å². The molecule has 2 heterocycles. The van der Waals surface area contributed by atoms with Crippen molar-refractivity contribution in [2.45, 2.75) is 25.3 Å². The predicted octanol–water partition coefficient (Wildman–Crippen LogP) is 2.04. The van der Waals surface area contributed by atoms with Crippen molar-refractivity contribution in [1.82, 2.24) is 10.3 Å². The van der Waals surface area contributed by atoms with Gasteiger partial charge in [0.25, 0.3) is 0 Å². The van der Waals surface area contributed by atoms with Crippen molar-refractivity contribution in [3.05, 3.63) is 29.8 Å². The van der Waals surface area contributed by atoms with E-state index < -0.39 is 0 Å². The van der Waals surface area contributed by atoms with Gasteiger partial charge >= 0.3 is 0 Å². The number of nitrogens with one attached hydrogen (secondary N) is 1. The fourth-order valence-electron chi connectivity index (χ4n) is 1.72. The average molecular weight is 180 g/mol. The molecule has 1 fully saturated rings. The lowest BCUT2D eigenvalue weighted by Crippen LogP contribution is -2.27. The first kappa shape index (κ1) is 8.63. The lowest BCUT2D eigenvalue weighted by atomic mass is 10.0. The van der Waals surface area contributed by atoms with E-state index in [1.54, 1.807) is 0 Å². The summed E-state index contributed by atoms with van der Waals surface area (Å²) in [5.74, 6) is -0.197. The molecule has 0 bridgehead atoms. The quantitative estimate of drug-likeness (QED) is 0.715. The van der Waals surface area contributed by atoms with E-state index in [1.165, 1.54) is 31.2 Å². The van der Waals surface area contributed by atoms with Gasteiger partial charge in [0.1, 0.15) is 5.82 Å². The molecule has 1 aliphatic rings. The Hall–Kier alpha value is -0.960. The average Bonchev–Trinajstić information content (AvgIpc) is 2.19. The fourth-order valence-corrected chi connectivity index (χ4v) is 1.72. The second-order valence-electron chi connectivity index (χ2n) is 3.40. The molecule has 70 valence electrons. The summed E-state index contributed by atoms with van der Waals surface area (Å²) in [5.41, 5.74) is 0.833. The third-order valence-corrected chi connectivity index (χ3v) is 2.41. The number of hydrogen-bond donors (Lipinski definition) is 1. The van der Waals surface area contributed by atoms with Gasteiger partial charge in [0.2, 0.25) is 0 Å². The molecule has 1 aliphatic heterocycles. The number of aromatic nitrogens is 1. The third kappa shape index (κ3) is 2.04. The van der Waals surface area contributed by atoms with Crippen molar-refractivity contribution in [2.24, 2.45) is 0 Å². The van der Waals surface area contributed by atoms with Gasteiger partial charge in [0.05, 0.1) is 5.69 Å². The Bertz CT molecular complexity index is 282. The minimum atomic E-state index is -0.197. The van der Waals surface area contributed by atoms with Crippen molar-refractivity contribution in [1.29, 1.82) is 0 Å². The Kier molecular flexibility index (Phi) is 2.54. The van der Waals surface area contributed by atoms with Crippen LogP contribution in [-0.4, -0.2) is 11.5 Å². The number of pyridine rings is 1. The minimum Gasteiger partial charge on any atom is -0.309 e. The van der Waals surface area contributed by atoms with E-state index in [0.29, 0.717) is 0 Å². The minimum absolute atomic E-state index is 0.197. The summed E-state index contributed by atoms with van der Waals surface area (Å²) in [6, 6.07) is 3.15. The summed E-state index contributed by atoms with van der Waals surface area (Å²) < 4.78 is 12.9. The van der Waals surface area contributed by atoms with Crippen LogP contribution in [0.1, 0.15) is 31.0 Å². The molecule has 13 heavy (non-hydrogen) atoms. The summed E-state index contributed by atoms with van der Waals surface area (Å²) >= 11 is 0. The van der Waals surface area contributed by atoms with Crippen molar-refractivity contribution < 1.29 is 4.39 Å². The van der Waals surface area contributed by atoms with Crippen LogP contribution in [0.5, 0.6) is 0 Å². The van der Waals surface area contributed by atoms with Crippen LogP contribution in [0.2, 0.25) is 0 Å². The predicted molar refractivity (Wildman–Crippen MR) is 48.8 cm³/mol. The van der Waals surface area contributed by atoms with Crippen molar-refractivity contribution in [3.8, 4) is 0 Å². The maximum absolute atomic E-state index is 12.9. The molecule has 0 spiro atoms. The molecule has 0 unspecified atom stereocenters. The van der Waals surface area contributed by atoms with Gasteiger partial charge in [-0.15, -0.1) is 0 Å². The van der Waals surface area contributed by atoms with Crippen molar-refractivity contribution in [3.63, 3.8) is 0 Å². The molecule has 2 nitrogen and oxygen atoms in total. The molecule has 0 aliphatic carbocycles. The van der Waals surface area contributed by atoms with Crippen LogP contribution in [0, 0.1) is 5.82 Å². The second-order valence-corrected chi connectivity index (χ2v) is 3.40. The topological polar surface area (TPSA) is 24.9 Å². The smallest absolute Gasteiger partial charge is 0.126 e. The zero-order valence-corrected chi connectivity index (χ0v) is 7.46. The Labute approximate surface area is 77.2 Å². The standard InChI is InChI=1S/C10H13FN2/c11-8-4-6-13-10(7-8)9-3-1-2-5-12-9/h4,6-7,9,12H,1-3,5H2/t9-/m1/s1. The Balaban J connectivity index is 2.14. The highest BCUT2D eigenvalue weighted by molar-refractivity contribution is 5.10. The number of hydrogen-bond acceptors (Lipinski definition) is 2. The summed E-state index contributed by atoms with van der Waals surface area (Å²) in [7, 11) is 0. The van der Waals surface area contributed by atoms with Crippen LogP contribution in [0.15, 0.2) is 18.3 Å². The molecule has 0 amide bonds. The highest BCUT2D eigenvalue weighted by Crippen LogP contribution is 2.21. The number of nitrogens with zero attached hydrogens (tertiary/aromatic N) is 1. The highest BCUT2D eigenvalue weighted by Gasteiger charge is 2.15. The first-order valence-corrected chi connectivity index (χ1v) is 4.71. The van der Waals surface area contributed by atoms with E-state index in [9.17, 15) is 4.39 Å². The molecular weight excluding hydrogens is 167 g/mol. The molecule has 1 aromatic rings. The van der Waals surface area contributed by atoms with Crippen molar-refractivity contribution in [2.75, 3.05) is 6.54 Å². The van der Waals surface area contributed by atoms with Crippen molar-refractivity contribution >= 4 is 0 Å². The SMILES string of the molecule is Fc1ccnc([C@H]2CCCCN2)c1. The van der Waals surface area contributed by atoms with E-state index in [0.717, 1.165) is 18.7 Å². The first-order valence-electron chi connectivity index (χ1n) is 4.71. The molecule has 1 atom stereocenters. The highest BCUT2D eigenvalue weighted by atomic mass is 19.1. The van der Waals surface area contributed by atoms with Crippen LogP contribution < -0.4 is 5.32 Å². The Morgan fingerprint density at radius 3 is 3.08 bits per heavy atom. The van der Waals surface area contributed by atoms with Gasteiger partial charge in [-0.3, -0.25) is 4.98 Å². The van der Waals surface area contributed by atoms with E-state index in [2.05, 4.69) is 10.3 Å². The van der Waals surface area contributed by atoms with Gasteiger partial charge < -0.3 is 5.32 Å². The number of piperidine rings is 1. The van der Waals surface area contributed by atoms with Gasteiger partial charge in [0.15, 0.2) is 0 Å². The molecule has 1 N–H and O–H groups in total. The summed E-state index contributed by atoms with van der Waals surface area (Å²) in [5, 5.41) is 3.33. The summed E-state index contributed by atoms with van der Waals surface area (Å²) in [4.78, 5) is 4.16. The van der Waals surface area contributed by atoms with Gasteiger partial charge in [0, 0.05) is 12.2 Å². The van der Waals surface area contributed by atoms with Gasteiger partial charge in [-0.25, -0.2) is 4.39 Å². The molecule has 0 radical (unpaired) electrons. The van der Waals surface area contributed by atoms with Gasteiger partial charge in [-0.1, -0.05) is 6.42 Å². The molecule has 2 rings (SSSR count). The molecule has 0 saturated carbocycles. The summed E-state index contributed by atoms with van der Waals surface area (Å²) in [6.45, 7) is 1.02. The van der Waals surface area contributed by atoms with Gasteiger partial charge in [-0.2, -0.15) is 0 Å². The largest absolute Gasteiger partial charge is 0.309 e. The van der Waals surface area contributed by atoms with Crippen LogP contribution in [-0.2, 0) is 0 Å². The lowest BCUT2D eigenvalue weighted by molar-refractivity contribution is 0.403. The van der Waals surface area contributed by atoms with Crippen LogP contribution in [0.25, 0.3) is 0 Å². The maximum Gasteiger partial charge on any atom is 0.126 e. The van der Waals surface area contributed by atoms with E-state index >= 15 is 0 Å². The molecular formula is C10H13FN2. The zero-order valence-electron chi connectivity index (χ0n) is 7.46. The maximum atomic E-state index is 12.9. The van der Waals surface area contributed by atoms with E-state index in [-0.39, 0.29) is 11.9 Å². The van der Waals surface area contributed by atoms with Gasteiger partial charge in [-0.05, 0) is 31.5 Å². The zero-order chi connectivity index (χ0) is 9.10. The third-order valence-electron chi connectivity index (χ3n) is 2.41. The van der Waals surface area contributed by atoms with E-state index in [1.807, 2.05) is 0 Å². The fraction of sp³-hybridized carbons (Fsp3) is 0.500. The summed E-state index contributed by atoms with van der Waals surface area (Å²) in [6.07, 6.45) is 5.01. The molecule has 0 aromatic carbocycles. The molecule has 1 aromatic heterocycles. The lowest BCUT2D eigenvalue weighted by Gasteiger charge is -2.22. The Morgan fingerprint density at radius 2 is 2.38 bits per heavy atom. The number of halogens is 1. The first-order chi connectivity index (χ1) is 6.36. The molecule has 1 saturated heterocycles. The van der Waals surface area contributed by atoms with Crippen LogP contribution >= 0.6 is 0 Å². The number of rotatable bonds is 1. The van der Waals surface area contributed by atoms with E-state index in [4.69, 9.17) is 0 Å². The normalized spacial score (nSPS) is 23.0. The second kappa shape index (κ2) is 3.83. The monoisotopic (exact) mass is 180 g/mol. The van der Waals surface area contributed by atoms with Crippen LogP contribution in [0.4, 0.5) is 4.39 Å². The molecule has 3 heteroatoms.